The molecule has 1 atom stereocenters. The molecule has 1 aromatic heterocycles. The number of amides is 1. The molecule has 7 heteroatoms. The van der Waals surface area contributed by atoms with Crippen molar-refractivity contribution < 1.29 is 9.53 Å². The van der Waals surface area contributed by atoms with Gasteiger partial charge in [0, 0.05) is 50.3 Å². The molecule has 0 spiro atoms. The second-order valence-electron chi connectivity index (χ2n) is 7.35. The van der Waals surface area contributed by atoms with Gasteiger partial charge in [-0.15, -0.1) is 0 Å². The summed E-state index contributed by atoms with van der Waals surface area (Å²) >= 11 is 0. The van der Waals surface area contributed by atoms with Crippen LogP contribution in [0.2, 0.25) is 0 Å². The molecule has 7 nitrogen and oxygen atoms in total. The monoisotopic (exact) mass is 405 g/mol. The Hall–Kier alpha value is -3.32. The molecule has 0 saturated carbocycles. The molecule has 2 N–H and O–H groups in total. The van der Waals surface area contributed by atoms with Crippen LogP contribution in [-0.4, -0.2) is 53.0 Å². The molecule has 1 aliphatic heterocycles. The van der Waals surface area contributed by atoms with Crippen molar-refractivity contribution in [2.24, 2.45) is 0 Å². The maximum Gasteiger partial charge on any atom is 0.410 e. The molecule has 156 valence electrons. The van der Waals surface area contributed by atoms with Gasteiger partial charge in [-0.1, -0.05) is 30.3 Å². The fraction of sp³-hybridized carbons (Fsp3) is 0.304. The number of rotatable bonds is 7. The van der Waals surface area contributed by atoms with Gasteiger partial charge < -0.3 is 20.3 Å². The van der Waals surface area contributed by atoms with Gasteiger partial charge >= 0.3 is 6.09 Å². The van der Waals surface area contributed by atoms with Crippen molar-refractivity contribution in [2.45, 2.75) is 19.1 Å². The summed E-state index contributed by atoms with van der Waals surface area (Å²) < 4.78 is 7.30. The highest BCUT2D eigenvalue weighted by Gasteiger charge is 2.23. The van der Waals surface area contributed by atoms with Gasteiger partial charge in [-0.2, -0.15) is 5.10 Å². The predicted molar refractivity (Wildman–Crippen MR) is 117 cm³/mol. The van der Waals surface area contributed by atoms with Crippen molar-refractivity contribution in [1.29, 1.82) is 0 Å². The van der Waals surface area contributed by atoms with Crippen molar-refractivity contribution in [3.63, 3.8) is 0 Å². The summed E-state index contributed by atoms with van der Waals surface area (Å²) in [4.78, 5) is 14.2. The molecule has 30 heavy (non-hydrogen) atoms. The largest absolute Gasteiger partial charge is 0.445 e. The van der Waals surface area contributed by atoms with Gasteiger partial charge in [0.2, 0.25) is 0 Å². The molecule has 1 aliphatic rings. The number of aromatic nitrogens is 2. The summed E-state index contributed by atoms with van der Waals surface area (Å²) in [6.45, 7) is 3.25. The van der Waals surface area contributed by atoms with E-state index in [0.29, 0.717) is 19.7 Å². The average molecular weight is 406 g/mol. The van der Waals surface area contributed by atoms with Crippen molar-refractivity contribution in [3.8, 4) is 5.69 Å². The number of hydrogen-bond donors (Lipinski definition) is 2. The van der Waals surface area contributed by atoms with E-state index in [9.17, 15) is 4.79 Å². The minimum Gasteiger partial charge on any atom is -0.445 e. The zero-order valence-corrected chi connectivity index (χ0v) is 16.9. The number of hydrogen-bond acceptors (Lipinski definition) is 5. The van der Waals surface area contributed by atoms with Crippen LogP contribution in [0.4, 0.5) is 10.5 Å². The third-order valence-electron chi connectivity index (χ3n) is 5.18. The highest BCUT2D eigenvalue weighted by Crippen LogP contribution is 2.13. The van der Waals surface area contributed by atoms with Crippen molar-refractivity contribution in [2.75, 3.05) is 31.5 Å². The normalized spacial score (nSPS) is 16.3. The fourth-order valence-electron chi connectivity index (χ4n) is 3.54. The highest BCUT2D eigenvalue weighted by atomic mass is 16.6. The Morgan fingerprint density at radius 3 is 2.73 bits per heavy atom. The number of carbonyl (C=O) groups is 1. The summed E-state index contributed by atoms with van der Waals surface area (Å²) in [6, 6.07) is 20.1. The minimum atomic E-state index is -0.243. The lowest BCUT2D eigenvalue weighted by molar-refractivity contribution is 0.0845. The molecule has 2 heterocycles. The lowest BCUT2D eigenvalue weighted by atomic mass is 10.1. The van der Waals surface area contributed by atoms with Gasteiger partial charge in [0.05, 0.1) is 5.69 Å². The molecule has 1 amide bonds. The molecule has 1 saturated heterocycles. The van der Waals surface area contributed by atoms with Crippen LogP contribution in [0.1, 0.15) is 12.0 Å². The predicted octanol–water partition coefficient (Wildman–Crippen LogP) is 3.28. The highest BCUT2D eigenvalue weighted by molar-refractivity contribution is 5.67. The summed E-state index contributed by atoms with van der Waals surface area (Å²) in [6.07, 6.45) is 4.37. The van der Waals surface area contributed by atoms with Crippen molar-refractivity contribution in [3.05, 3.63) is 78.6 Å². The Balaban J connectivity index is 1.20. The molecule has 0 bridgehead atoms. The summed E-state index contributed by atoms with van der Waals surface area (Å²) in [5.74, 6) is 0. The van der Waals surface area contributed by atoms with E-state index in [1.54, 1.807) is 11.1 Å². The maximum absolute atomic E-state index is 12.4. The first-order chi connectivity index (χ1) is 14.8. The standard InChI is InChI=1S/C23H27N5O2/c29-23(30-18-19-5-2-1-3-6-19)27-16-14-25-21(17-27)11-13-24-20-7-9-22(10-8-20)28-15-4-12-26-28/h1-10,12,15,21,24-25H,11,13-14,16-18H2/t21-/m1/s1. The zero-order valence-electron chi connectivity index (χ0n) is 16.9. The number of nitrogens with one attached hydrogen (secondary N) is 2. The maximum atomic E-state index is 12.4. The third-order valence-corrected chi connectivity index (χ3v) is 5.18. The SMILES string of the molecule is O=C(OCc1ccccc1)N1CCN[C@H](CCNc2ccc(-n3cccn3)cc2)C1. The van der Waals surface area contributed by atoms with E-state index in [4.69, 9.17) is 4.74 Å². The third kappa shape index (κ3) is 5.39. The number of ether oxygens (including phenoxy) is 1. The molecule has 0 radical (unpaired) electrons. The first kappa shape index (κ1) is 20.0. The quantitative estimate of drug-likeness (QED) is 0.631. The number of nitrogens with zero attached hydrogens (tertiary/aromatic N) is 3. The summed E-state index contributed by atoms with van der Waals surface area (Å²) in [7, 11) is 0. The second-order valence-corrected chi connectivity index (χ2v) is 7.35. The number of carbonyl (C=O) groups excluding carboxylic acids is 1. The van der Waals surface area contributed by atoms with Crippen LogP contribution in [0.15, 0.2) is 73.1 Å². The van der Waals surface area contributed by atoms with E-state index >= 15 is 0 Å². The van der Waals surface area contributed by atoms with Crippen LogP contribution in [-0.2, 0) is 11.3 Å². The molecule has 3 aromatic rings. The number of benzene rings is 2. The van der Waals surface area contributed by atoms with E-state index in [1.807, 2.05) is 59.4 Å². The number of anilines is 1. The van der Waals surface area contributed by atoms with Crippen LogP contribution in [0, 0.1) is 0 Å². The Kier molecular flexibility index (Phi) is 6.61. The summed E-state index contributed by atoms with van der Waals surface area (Å²) in [5.41, 5.74) is 3.10. The number of piperazine rings is 1. The molecule has 2 aromatic carbocycles. The van der Waals surface area contributed by atoms with Gasteiger partial charge in [-0.05, 0) is 42.3 Å². The molecule has 4 rings (SSSR count). The topological polar surface area (TPSA) is 71.4 Å². The molecular formula is C23H27N5O2. The molecular weight excluding hydrogens is 378 g/mol. The van der Waals surface area contributed by atoms with Gasteiger partial charge in [0.15, 0.2) is 0 Å². The van der Waals surface area contributed by atoms with Crippen LogP contribution in [0.5, 0.6) is 0 Å². The van der Waals surface area contributed by atoms with Crippen LogP contribution >= 0.6 is 0 Å². The van der Waals surface area contributed by atoms with E-state index < -0.39 is 0 Å². The average Bonchev–Trinajstić information content (AvgIpc) is 3.34. The Morgan fingerprint density at radius 2 is 1.97 bits per heavy atom. The Morgan fingerprint density at radius 1 is 1.13 bits per heavy atom. The van der Waals surface area contributed by atoms with Gasteiger partial charge in [0.25, 0.3) is 0 Å². The minimum absolute atomic E-state index is 0.243. The van der Waals surface area contributed by atoms with Gasteiger partial charge in [-0.25, -0.2) is 9.48 Å². The first-order valence-corrected chi connectivity index (χ1v) is 10.3. The lowest BCUT2D eigenvalue weighted by Gasteiger charge is -2.33. The van der Waals surface area contributed by atoms with Crippen LogP contribution in [0.3, 0.4) is 0 Å². The fourth-order valence-corrected chi connectivity index (χ4v) is 3.54. The molecule has 0 unspecified atom stereocenters. The van der Waals surface area contributed by atoms with Gasteiger partial charge in [-0.3, -0.25) is 0 Å². The molecule has 1 fully saturated rings. The first-order valence-electron chi connectivity index (χ1n) is 10.3. The lowest BCUT2D eigenvalue weighted by Crippen LogP contribution is -2.53. The van der Waals surface area contributed by atoms with Crippen LogP contribution < -0.4 is 10.6 Å². The Bertz CT molecular complexity index is 913. The Labute approximate surface area is 176 Å². The van der Waals surface area contributed by atoms with E-state index in [0.717, 1.165) is 36.4 Å². The second kappa shape index (κ2) is 9.93. The van der Waals surface area contributed by atoms with E-state index in [1.165, 1.54) is 0 Å². The van der Waals surface area contributed by atoms with Crippen molar-refractivity contribution in [1.82, 2.24) is 20.0 Å². The van der Waals surface area contributed by atoms with Crippen LogP contribution in [0.25, 0.3) is 5.69 Å². The smallest absolute Gasteiger partial charge is 0.410 e. The molecule has 0 aliphatic carbocycles. The van der Waals surface area contributed by atoms with Crippen molar-refractivity contribution >= 4 is 11.8 Å². The van der Waals surface area contributed by atoms with E-state index in [-0.39, 0.29) is 12.1 Å². The van der Waals surface area contributed by atoms with Gasteiger partial charge in [0.1, 0.15) is 6.61 Å². The summed E-state index contributed by atoms with van der Waals surface area (Å²) in [5, 5.41) is 11.2. The van der Waals surface area contributed by atoms with E-state index in [2.05, 4.69) is 27.9 Å². The zero-order chi connectivity index (χ0) is 20.6.